The molecular formula is C17H22F3N7O2. The van der Waals surface area contributed by atoms with E-state index in [4.69, 9.17) is 0 Å². The second-order valence-corrected chi connectivity index (χ2v) is 6.87. The van der Waals surface area contributed by atoms with Gasteiger partial charge in [-0.05, 0) is 38.8 Å². The number of alkyl halides is 3. The van der Waals surface area contributed by atoms with Crippen LogP contribution < -0.4 is 15.5 Å². The van der Waals surface area contributed by atoms with Gasteiger partial charge in [-0.1, -0.05) is 0 Å². The lowest BCUT2D eigenvalue weighted by molar-refractivity contribution is -0.146. The third-order valence-corrected chi connectivity index (χ3v) is 4.80. The molecule has 12 heteroatoms. The second-order valence-electron chi connectivity index (χ2n) is 6.87. The van der Waals surface area contributed by atoms with Crippen molar-refractivity contribution in [3.05, 3.63) is 18.0 Å². The molecule has 0 radical (unpaired) electrons. The molecule has 1 aliphatic rings. The first kappa shape index (κ1) is 20.8. The molecule has 0 bridgehead atoms. The molecule has 0 aliphatic carbocycles. The number of amides is 2. The number of nitrogens with one attached hydrogen (secondary N) is 2. The van der Waals surface area contributed by atoms with E-state index in [-0.39, 0.29) is 23.4 Å². The van der Waals surface area contributed by atoms with E-state index in [2.05, 4.69) is 25.9 Å². The molecule has 1 saturated heterocycles. The Hall–Kier alpha value is -2.92. The molecule has 9 nitrogen and oxygen atoms in total. The summed E-state index contributed by atoms with van der Waals surface area (Å²) >= 11 is 0. The fraction of sp³-hybridized carbons (Fsp3) is 0.588. The maximum Gasteiger partial charge on any atom is 0.453 e. The van der Waals surface area contributed by atoms with Crippen molar-refractivity contribution in [3.8, 4) is 0 Å². The minimum Gasteiger partial charge on any atom is -0.355 e. The summed E-state index contributed by atoms with van der Waals surface area (Å²) in [4.78, 5) is 25.9. The van der Waals surface area contributed by atoms with Crippen LogP contribution in [0, 0.1) is 5.92 Å². The lowest BCUT2D eigenvalue weighted by Crippen LogP contribution is -2.48. The highest BCUT2D eigenvalue weighted by Crippen LogP contribution is 2.28. The predicted octanol–water partition coefficient (Wildman–Crippen LogP) is 1.00. The van der Waals surface area contributed by atoms with Crippen LogP contribution in [0.2, 0.25) is 0 Å². The number of rotatable bonds is 5. The zero-order valence-electron chi connectivity index (χ0n) is 16.0. The van der Waals surface area contributed by atoms with E-state index >= 15 is 0 Å². The largest absolute Gasteiger partial charge is 0.453 e. The number of halogens is 3. The molecule has 3 rings (SSSR count). The zero-order valence-corrected chi connectivity index (χ0v) is 16.0. The van der Waals surface area contributed by atoms with E-state index < -0.39 is 18.0 Å². The number of fused-ring (bicyclic) bond motifs is 1. The van der Waals surface area contributed by atoms with Crippen LogP contribution in [0.15, 0.2) is 12.1 Å². The molecule has 1 aliphatic heterocycles. The van der Waals surface area contributed by atoms with Crippen molar-refractivity contribution < 1.29 is 22.8 Å². The standard InChI is InChI=1S/C17H22F3N7O2/c1-3-21-14(28)10(2)22-15(29)11-6-8-26(9-7-11)13-5-4-12-23-24-16(17(18,19)20)27(12)25-13/h4-5,10-11H,3,6-9H2,1-2H3,(H,21,28)(H,22,29). The average Bonchev–Trinajstić information content (AvgIpc) is 3.12. The first-order chi connectivity index (χ1) is 13.7. The SMILES string of the molecule is CCNC(=O)C(C)NC(=O)C1CCN(c2ccc3nnc(C(F)(F)F)n3n2)CC1. The van der Waals surface area contributed by atoms with Gasteiger partial charge in [0.2, 0.25) is 11.8 Å². The normalized spacial score (nSPS) is 16.7. The summed E-state index contributed by atoms with van der Waals surface area (Å²) in [6.45, 7) is 4.81. The highest BCUT2D eigenvalue weighted by atomic mass is 19.4. The van der Waals surface area contributed by atoms with Gasteiger partial charge in [0.05, 0.1) is 0 Å². The lowest BCUT2D eigenvalue weighted by Gasteiger charge is -2.32. The molecule has 3 heterocycles. The van der Waals surface area contributed by atoms with Gasteiger partial charge in [-0.15, -0.1) is 15.3 Å². The lowest BCUT2D eigenvalue weighted by atomic mass is 9.95. The average molecular weight is 413 g/mol. The topological polar surface area (TPSA) is 105 Å². The Balaban J connectivity index is 1.63. The monoisotopic (exact) mass is 413 g/mol. The molecule has 158 valence electrons. The third-order valence-electron chi connectivity index (χ3n) is 4.80. The number of piperidine rings is 1. The minimum absolute atomic E-state index is 0.00897. The fourth-order valence-electron chi connectivity index (χ4n) is 3.22. The summed E-state index contributed by atoms with van der Waals surface area (Å²) in [5.41, 5.74) is 0.00897. The summed E-state index contributed by atoms with van der Waals surface area (Å²) in [5, 5.41) is 16.0. The zero-order chi connectivity index (χ0) is 21.2. The van der Waals surface area contributed by atoms with Crippen molar-refractivity contribution in [1.29, 1.82) is 0 Å². The van der Waals surface area contributed by atoms with E-state index in [9.17, 15) is 22.8 Å². The van der Waals surface area contributed by atoms with Crippen molar-refractivity contribution in [1.82, 2.24) is 30.4 Å². The van der Waals surface area contributed by atoms with Gasteiger partial charge in [-0.2, -0.15) is 17.7 Å². The van der Waals surface area contributed by atoms with Gasteiger partial charge < -0.3 is 15.5 Å². The molecule has 2 aromatic heterocycles. The Morgan fingerprint density at radius 1 is 1.24 bits per heavy atom. The van der Waals surface area contributed by atoms with Crippen LogP contribution in [0.25, 0.3) is 5.65 Å². The molecule has 1 atom stereocenters. The fourth-order valence-corrected chi connectivity index (χ4v) is 3.22. The Morgan fingerprint density at radius 2 is 1.93 bits per heavy atom. The second kappa shape index (κ2) is 8.21. The number of aromatic nitrogens is 4. The summed E-state index contributed by atoms with van der Waals surface area (Å²) in [7, 11) is 0. The predicted molar refractivity (Wildman–Crippen MR) is 97.0 cm³/mol. The Labute approximate surface area is 164 Å². The Morgan fingerprint density at radius 3 is 2.55 bits per heavy atom. The van der Waals surface area contributed by atoms with Gasteiger partial charge in [-0.3, -0.25) is 9.59 Å². The van der Waals surface area contributed by atoms with Gasteiger partial charge in [-0.25, -0.2) is 0 Å². The number of carbonyl (C=O) groups is 2. The molecule has 2 amide bonds. The molecule has 2 aromatic rings. The summed E-state index contributed by atoms with van der Waals surface area (Å²) in [6.07, 6.45) is -3.65. The highest BCUT2D eigenvalue weighted by molar-refractivity contribution is 5.88. The molecule has 1 fully saturated rings. The molecular weight excluding hydrogens is 391 g/mol. The van der Waals surface area contributed by atoms with Gasteiger partial charge in [0.1, 0.15) is 11.9 Å². The van der Waals surface area contributed by atoms with E-state index in [1.807, 2.05) is 4.90 Å². The molecule has 0 spiro atoms. The third kappa shape index (κ3) is 4.57. The van der Waals surface area contributed by atoms with Crippen LogP contribution in [0.4, 0.5) is 19.0 Å². The van der Waals surface area contributed by atoms with Gasteiger partial charge in [0.25, 0.3) is 5.82 Å². The van der Waals surface area contributed by atoms with E-state index in [0.29, 0.717) is 42.8 Å². The summed E-state index contributed by atoms with van der Waals surface area (Å²) in [6, 6.07) is 2.39. The summed E-state index contributed by atoms with van der Waals surface area (Å²) < 4.78 is 39.8. The van der Waals surface area contributed by atoms with Crippen molar-refractivity contribution in [2.45, 2.75) is 38.9 Å². The first-order valence-electron chi connectivity index (χ1n) is 9.33. The number of hydrogen-bond donors (Lipinski definition) is 2. The Kier molecular flexibility index (Phi) is 5.89. The molecule has 2 N–H and O–H groups in total. The quantitative estimate of drug-likeness (QED) is 0.758. The van der Waals surface area contributed by atoms with E-state index in [1.165, 1.54) is 6.07 Å². The highest BCUT2D eigenvalue weighted by Gasteiger charge is 2.38. The Bertz CT molecular complexity index is 891. The molecule has 1 unspecified atom stereocenters. The maximum atomic E-state index is 13.0. The van der Waals surface area contributed by atoms with Crippen molar-refractivity contribution in [2.75, 3.05) is 24.5 Å². The minimum atomic E-state index is -4.66. The van der Waals surface area contributed by atoms with Gasteiger partial charge in [0.15, 0.2) is 5.65 Å². The number of nitrogens with zero attached hydrogens (tertiary/aromatic N) is 5. The van der Waals surface area contributed by atoms with Crippen LogP contribution in [-0.2, 0) is 15.8 Å². The molecule has 0 aromatic carbocycles. The van der Waals surface area contributed by atoms with Crippen LogP contribution in [-0.4, -0.2) is 57.3 Å². The number of carbonyl (C=O) groups excluding carboxylic acids is 2. The van der Waals surface area contributed by atoms with Crippen molar-refractivity contribution in [3.63, 3.8) is 0 Å². The molecule has 0 saturated carbocycles. The van der Waals surface area contributed by atoms with E-state index in [1.54, 1.807) is 19.9 Å². The van der Waals surface area contributed by atoms with Crippen LogP contribution in [0.5, 0.6) is 0 Å². The van der Waals surface area contributed by atoms with Gasteiger partial charge in [0, 0.05) is 25.6 Å². The first-order valence-corrected chi connectivity index (χ1v) is 9.33. The van der Waals surface area contributed by atoms with E-state index in [0.717, 1.165) is 0 Å². The number of likely N-dealkylation sites (N-methyl/N-ethyl adjacent to an activating group) is 1. The van der Waals surface area contributed by atoms with Gasteiger partial charge >= 0.3 is 6.18 Å². The smallest absolute Gasteiger partial charge is 0.355 e. The van der Waals surface area contributed by atoms with Crippen LogP contribution in [0.1, 0.15) is 32.5 Å². The number of anilines is 1. The molecule has 29 heavy (non-hydrogen) atoms. The maximum absolute atomic E-state index is 13.0. The van der Waals surface area contributed by atoms with Crippen LogP contribution >= 0.6 is 0 Å². The summed E-state index contributed by atoms with van der Waals surface area (Å²) in [5.74, 6) is -1.54. The number of hydrogen-bond acceptors (Lipinski definition) is 6. The van der Waals surface area contributed by atoms with Crippen molar-refractivity contribution >= 4 is 23.3 Å². The van der Waals surface area contributed by atoms with Crippen LogP contribution in [0.3, 0.4) is 0 Å². The van der Waals surface area contributed by atoms with Crippen molar-refractivity contribution in [2.24, 2.45) is 5.92 Å².